The van der Waals surface area contributed by atoms with Gasteiger partial charge in [0.1, 0.15) is 5.75 Å². The second-order valence-electron chi connectivity index (χ2n) is 18.0. The van der Waals surface area contributed by atoms with Gasteiger partial charge in [0.25, 0.3) is 0 Å². The molecule has 1 amide bonds. The lowest BCUT2D eigenvalue weighted by molar-refractivity contribution is -0.112. The summed E-state index contributed by atoms with van der Waals surface area (Å²) in [5.41, 5.74) is 1.93. The predicted octanol–water partition coefficient (Wildman–Crippen LogP) is 8.83. The fraction of sp³-hybridized carbons (Fsp3) is 0.643. The average Bonchev–Trinajstić information content (AvgIpc) is 3.30. The van der Waals surface area contributed by atoms with Crippen molar-refractivity contribution in [1.82, 2.24) is 4.90 Å². The first kappa shape index (κ1) is 30.4. The van der Waals surface area contributed by atoms with Gasteiger partial charge < -0.3 is 19.8 Å². The molecule has 2 N–H and O–H groups in total. The van der Waals surface area contributed by atoms with Gasteiger partial charge in [-0.3, -0.25) is 0 Å². The molecular weight excluding hydrogens is 582 g/mol. The Balaban J connectivity index is 1.02. The molecule has 5 nitrogen and oxygen atoms in total. The van der Waals surface area contributed by atoms with E-state index in [0.29, 0.717) is 37.1 Å². The summed E-state index contributed by atoms with van der Waals surface area (Å²) in [6.07, 6.45) is 18.3. The van der Waals surface area contributed by atoms with Crippen LogP contribution in [0.3, 0.4) is 0 Å². The normalized spacial score (nSPS) is 43.1. The maximum absolute atomic E-state index is 14.4. The summed E-state index contributed by atoms with van der Waals surface area (Å²) < 4.78 is 6.23. The summed E-state index contributed by atoms with van der Waals surface area (Å²) >= 11 is 0. The molecule has 10 rings (SSSR count). The van der Waals surface area contributed by atoms with Gasteiger partial charge in [-0.15, -0.1) is 0 Å². The summed E-state index contributed by atoms with van der Waals surface area (Å²) in [6, 6.07) is 14.1. The van der Waals surface area contributed by atoms with Crippen LogP contribution in [0.15, 0.2) is 65.8 Å². The zero-order valence-electron chi connectivity index (χ0n) is 28.4. The van der Waals surface area contributed by atoms with Crippen molar-refractivity contribution in [3.05, 3.63) is 65.8 Å². The average molecular weight is 636 g/mol. The first-order chi connectivity index (χ1) is 22.5. The highest BCUT2D eigenvalue weighted by Crippen LogP contribution is 2.66. The van der Waals surface area contributed by atoms with Crippen LogP contribution in [-0.2, 0) is 0 Å². The van der Waals surface area contributed by atoms with Gasteiger partial charge in [-0.1, -0.05) is 67.5 Å². The Bertz CT molecular complexity index is 1620. The number of allylic oxidation sites excluding steroid dienone is 3. The molecule has 47 heavy (non-hydrogen) atoms. The minimum Gasteiger partial charge on any atom is -0.410 e. The van der Waals surface area contributed by atoms with E-state index in [4.69, 9.17) is 4.74 Å². The molecule has 0 radical (unpaired) electrons. The number of hydrogen-bond donors (Lipinski definition) is 2. The summed E-state index contributed by atoms with van der Waals surface area (Å²) in [6.45, 7) is 5.80. The minimum absolute atomic E-state index is 0.111. The van der Waals surface area contributed by atoms with Crippen LogP contribution in [0.25, 0.3) is 10.8 Å². The lowest BCUT2D eigenvalue weighted by Crippen LogP contribution is -2.59. The third kappa shape index (κ3) is 4.80. The number of fused-ring (bicyclic) bond motifs is 6. The second-order valence-corrected chi connectivity index (χ2v) is 18.0. The fourth-order valence-corrected chi connectivity index (χ4v) is 13.1. The van der Waals surface area contributed by atoms with E-state index in [1.807, 2.05) is 35.2 Å². The first-order valence-electron chi connectivity index (χ1n) is 18.8. The van der Waals surface area contributed by atoms with Gasteiger partial charge in [-0.05, 0) is 147 Å². The monoisotopic (exact) mass is 635 g/mol. The van der Waals surface area contributed by atoms with Crippen LogP contribution in [0, 0.1) is 45.8 Å². The van der Waals surface area contributed by atoms with E-state index in [0.717, 1.165) is 67.1 Å². The van der Waals surface area contributed by atoms with Crippen molar-refractivity contribution in [3.63, 3.8) is 0 Å². The third-order valence-corrected chi connectivity index (χ3v) is 15.2. The quantitative estimate of drug-likeness (QED) is 0.345. The summed E-state index contributed by atoms with van der Waals surface area (Å²) in [7, 11) is 0. The molecule has 250 valence electrons. The molecule has 0 saturated heterocycles. The number of carbonyl (C=O) groups is 1. The number of ether oxygens (including phenoxy) is 1. The minimum atomic E-state index is -0.970. The van der Waals surface area contributed by atoms with Crippen LogP contribution in [0.5, 0.6) is 5.75 Å². The number of amides is 1. The lowest BCUT2D eigenvalue weighted by atomic mass is 9.49. The largest absolute Gasteiger partial charge is 0.415 e. The first-order valence-corrected chi connectivity index (χ1v) is 18.8. The highest BCUT2D eigenvalue weighted by Gasteiger charge is 2.63. The molecule has 6 atom stereocenters. The second kappa shape index (κ2) is 10.7. The van der Waals surface area contributed by atoms with E-state index in [-0.39, 0.29) is 28.4 Å². The highest BCUT2D eigenvalue weighted by atomic mass is 16.6. The van der Waals surface area contributed by atoms with Gasteiger partial charge in [-0.25, -0.2) is 4.79 Å². The predicted molar refractivity (Wildman–Crippen MR) is 185 cm³/mol. The summed E-state index contributed by atoms with van der Waals surface area (Å²) in [4.78, 5) is 16.3. The van der Waals surface area contributed by atoms with E-state index in [2.05, 4.69) is 38.1 Å². The maximum atomic E-state index is 14.4. The van der Waals surface area contributed by atoms with Gasteiger partial charge in [-0.2, -0.15) is 0 Å². The van der Waals surface area contributed by atoms with Crippen molar-refractivity contribution in [2.24, 2.45) is 45.8 Å². The van der Waals surface area contributed by atoms with Crippen molar-refractivity contribution in [2.45, 2.75) is 109 Å². The Morgan fingerprint density at radius 2 is 1.55 bits per heavy atom. The number of rotatable bonds is 5. The number of aliphatic hydroxyl groups is 2. The molecule has 0 aliphatic heterocycles. The molecule has 8 aliphatic carbocycles. The van der Waals surface area contributed by atoms with E-state index >= 15 is 0 Å². The highest BCUT2D eigenvalue weighted by molar-refractivity contribution is 5.84. The van der Waals surface area contributed by atoms with Crippen molar-refractivity contribution >= 4 is 16.9 Å². The number of hydrogen-bond acceptors (Lipinski definition) is 4. The van der Waals surface area contributed by atoms with Crippen LogP contribution in [0.4, 0.5) is 4.79 Å². The van der Waals surface area contributed by atoms with Gasteiger partial charge >= 0.3 is 6.09 Å². The van der Waals surface area contributed by atoms with E-state index in [1.165, 1.54) is 49.7 Å². The van der Waals surface area contributed by atoms with E-state index < -0.39 is 5.60 Å². The van der Waals surface area contributed by atoms with E-state index in [9.17, 15) is 15.0 Å². The van der Waals surface area contributed by atoms with E-state index in [1.54, 1.807) is 0 Å². The Kier molecular flexibility index (Phi) is 6.92. The number of benzene rings is 2. The SMILES string of the molecule is CC12CCC(O)CC1=CC=C1C2CCC2(C)C1CCC2(O)CN(CC12CC3CC(CC(C3)C1)C2)C(=O)Oc1ccc2ccccc2c1. The third-order valence-electron chi connectivity index (χ3n) is 15.2. The fourth-order valence-electron chi connectivity index (χ4n) is 13.1. The van der Waals surface area contributed by atoms with Crippen LogP contribution >= 0.6 is 0 Å². The zero-order chi connectivity index (χ0) is 32.2. The Hall–Kier alpha value is -2.63. The Morgan fingerprint density at radius 3 is 2.30 bits per heavy atom. The van der Waals surface area contributed by atoms with Gasteiger partial charge in [0.2, 0.25) is 0 Å². The summed E-state index contributed by atoms with van der Waals surface area (Å²) in [5, 5.41) is 25.5. The number of aliphatic hydroxyl groups excluding tert-OH is 1. The molecule has 8 aliphatic rings. The molecule has 2 aromatic carbocycles. The molecule has 4 bridgehead atoms. The molecule has 7 saturated carbocycles. The molecular formula is C42H53NO4. The zero-order valence-corrected chi connectivity index (χ0v) is 28.4. The molecule has 6 unspecified atom stereocenters. The van der Waals surface area contributed by atoms with Crippen molar-refractivity contribution in [1.29, 1.82) is 0 Å². The molecule has 0 spiro atoms. The summed E-state index contributed by atoms with van der Waals surface area (Å²) in [5.74, 6) is 3.76. The Morgan fingerprint density at radius 1 is 0.851 bits per heavy atom. The van der Waals surface area contributed by atoms with Crippen LogP contribution < -0.4 is 4.74 Å². The van der Waals surface area contributed by atoms with Crippen molar-refractivity contribution < 1.29 is 19.7 Å². The van der Waals surface area contributed by atoms with Gasteiger partial charge in [0.05, 0.1) is 18.2 Å². The number of carbonyl (C=O) groups excluding carboxylic acids is 1. The molecule has 2 aromatic rings. The van der Waals surface area contributed by atoms with Gasteiger partial charge in [0.15, 0.2) is 0 Å². The van der Waals surface area contributed by atoms with Crippen molar-refractivity contribution in [2.75, 3.05) is 13.1 Å². The molecule has 5 heteroatoms. The smallest absolute Gasteiger partial charge is 0.410 e. The molecule has 7 fully saturated rings. The van der Waals surface area contributed by atoms with Gasteiger partial charge in [0, 0.05) is 12.0 Å². The maximum Gasteiger partial charge on any atom is 0.415 e. The van der Waals surface area contributed by atoms with Crippen molar-refractivity contribution in [3.8, 4) is 5.75 Å². The van der Waals surface area contributed by atoms with Crippen LogP contribution in [-0.4, -0.2) is 46.0 Å². The standard InChI is InChI=1S/C42H53NO4/c1-39-14-11-33(44)21-32(39)8-10-35-36(39)12-15-40(2)37(35)13-16-42(40,46)26-43(25-41-22-27-17-28(23-41)19-29(18-27)24-41)38(45)47-34-9-7-30-5-3-4-6-31(30)20-34/h3-10,20,27-29,33,36-37,44,46H,11-19,21-26H2,1-2H3. The topological polar surface area (TPSA) is 70.0 Å². The van der Waals surface area contributed by atoms with Crippen LogP contribution in [0.1, 0.15) is 97.3 Å². The molecule has 0 heterocycles. The Labute approximate surface area is 280 Å². The molecule has 0 aromatic heterocycles. The van der Waals surface area contributed by atoms with Crippen LogP contribution in [0.2, 0.25) is 0 Å². The number of nitrogens with zero attached hydrogens (tertiary/aromatic N) is 1. The lowest BCUT2D eigenvalue weighted by Gasteiger charge is -2.58.